The lowest BCUT2D eigenvalue weighted by atomic mass is 9.93. The van der Waals surface area contributed by atoms with Gasteiger partial charge in [-0.2, -0.15) is 0 Å². The van der Waals surface area contributed by atoms with E-state index < -0.39 is 0 Å². The molecule has 8 nitrogen and oxygen atoms in total. The molecule has 1 aliphatic heterocycles. The van der Waals surface area contributed by atoms with Gasteiger partial charge in [0.2, 0.25) is 0 Å². The van der Waals surface area contributed by atoms with Crippen molar-refractivity contribution in [2.75, 3.05) is 31.2 Å². The van der Waals surface area contributed by atoms with Crippen LogP contribution in [0.3, 0.4) is 0 Å². The van der Waals surface area contributed by atoms with E-state index in [2.05, 4.69) is 37.3 Å². The fraction of sp³-hybridized carbons (Fsp3) is 0.455. The molecular formula is C22H25N5O3S. The number of hydrogen-bond acceptors (Lipinski definition) is 8. The summed E-state index contributed by atoms with van der Waals surface area (Å²) in [6, 6.07) is 4.32. The Bertz CT molecular complexity index is 1030. The number of thiazole rings is 1. The lowest BCUT2D eigenvalue weighted by molar-refractivity contribution is 0.0894. The molecule has 1 saturated heterocycles. The summed E-state index contributed by atoms with van der Waals surface area (Å²) in [4.78, 5) is 27.7. The van der Waals surface area contributed by atoms with Crippen LogP contribution in [0.5, 0.6) is 5.75 Å². The molecule has 162 valence electrons. The van der Waals surface area contributed by atoms with E-state index in [0.29, 0.717) is 5.01 Å². The number of carbonyl (C=O) groups is 1. The molecule has 1 aromatic carbocycles. The van der Waals surface area contributed by atoms with Crippen molar-refractivity contribution in [1.29, 1.82) is 0 Å². The largest absolute Gasteiger partial charge is 0.488 e. The van der Waals surface area contributed by atoms with Crippen LogP contribution in [-0.2, 0) is 4.74 Å². The number of hydrogen-bond donors (Lipinski definition) is 1. The average Bonchev–Trinajstić information content (AvgIpc) is 3.36. The number of nitrogens with one attached hydrogen (secondary N) is 1. The average molecular weight is 440 g/mol. The number of carbonyl (C=O) groups excluding carboxylic acids is 1. The standard InChI is InChI=1S/C22H25N5O3S/c28-21(22-25-7-12-31-22)26-15-1-3-17(4-2-15)30-19-14-16(27-8-10-29-11-9-27)13-18-20(19)24-6-5-23-18/h5-7,12-15,17H,1-4,8-11H2,(H,26,28)/t15-,17+. The zero-order valence-corrected chi connectivity index (χ0v) is 18.0. The highest BCUT2D eigenvalue weighted by Crippen LogP contribution is 2.33. The first-order chi connectivity index (χ1) is 15.3. The SMILES string of the molecule is O=C(N[C@H]1CC[C@@H](Oc2cc(N3CCOCC3)cc3nccnc23)CC1)c1nccs1. The molecule has 0 spiro atoms. The lowest BCUT2D eigenvalue weighted by Crippen LogP contribution is -2.39. The molecule has 2 aliphatic rings. The Balaban J connectivity index is 1.26. The highest BCUT2D eigenvalue weighted by molar-refractivity contribution is 7.11. The van der Waals surface area contributed by atoms with Gasteiger partial charge in [0.15, 0.2) is 5.01 Å². The van der Waals surface area contributed by atoms with Crippen LogP contribution in [0.1, 0.15) is 35.5 Å². The molecule has 9 heteroatoms. The lowest BCUT2D eigenvalue weighted by Gasteiger charge is -2.31. The van der Waals surface area contributed by atoms with Gasteiger partial charge < -0.3 is 19.7 Å². The van der Waals surface area contributed by atoms with E-state index in [-0.39, 0.29) is 18.1 Å². The number of ether oxygens (including phenoxy) is 2. The number of benzene rings is 1. The fourth-order valence-corrected chi connectivity index (χ4v) is 4.75. The molecular weight excluding hydrogens is 414 g/mol. The van der Waals surface area contributed by atoms with E-state index in [1.807, 2.05) is 5.38 Å². The van der Waals surface area contributed by atoms with Gasteiger partial charge in [-0.3, -0.25) is 9.78 Å². The Kier molecular flexibility index (Phi) is 5.95. The molecule has 5 rings (SSSR count). The van der Waals surface area contributed by atoms with Crippen molar-refractivity contribution in [3.8, 4) is 5.75 Å². The Labute approximate surface area is 184 Å². The second-order valence-corrected chi connectivity index (χ2v) is 8.76. The van der Waals surface area contributed by atoms with Gasteiger partial charge in [-0.05, 0) is 31.7 Å². The molecule has 3 aromatic rings. The number of fused-ring (bicyclic) bond motifs is 1. The third-order valence-electron chi connectivity index (χ3n) is 5.83. The summed E-state index contributed by atoms with van der Waals surface area (Å²) in [5, 5.41) is 5.43. The van der Waals surface area contributed by atoms with Crippen molar-refractivity contribution in [3.63, 3.8) is 0 Å². The smallest absolute Gasteiger partial charge is 0.280 e. The van der Waals surface area contributed by atoms with Crippen molar-refractivity contribution in [2.45, 2.75) is 37.8 Å². The molecule has 1 aliphatic carbocycles. The summed E-state index contributed by atoms with van der Waals surface area (Å²) >= 11 is 1.36. The normalized spacial score (nSPS) is 21.7. The van der Waals surface area contributed by atoms with Gasteiger partial charge in [0.1, 0.15) is 11.3 Å². The zero-order valence-electron chi connectivity index (χ0n) is 17.2. The summed E-state index contributed by atoms with van der Waals surface area (Å²) < 4.78 is 11.9. The highest BCUT2D eigenvalue weighted by atomic mass is 32.1. The minimum Gasteiger partial charge on any atom is -0.488 e. The minimum atomic E-state index is -0.0844. The van der Waals surface area contributed by atoms with Crippen LogP contribution >= 0.6 is 11.3 Å². The molecule has 1 saturated carbocycles. The van der Waals surface area contributed by atoms with Crippen LogP contribution < -0.4 is 15.0 Å². The van der Waals surface area contributed by atoms with Gasteiger partial charge in [0, 0.05) is 54.9 Å². The molecule has 2 fully saturated rings. The number of aromatic nitrogens is 3. The fourth-order valence-electron chi connectivity index (χ4n) is 4.21. The molecule has 3 heterocycles. The Morgan fingerprint density at radius 1 is 1.06 bits per heavy atom. The Morgan fingerprint density at radius 2 is 1.87 bits per heavy atom. The zero-order chi connectivity index (χ0) is 21.0. The molecule has 31 heavy (non-hydrogen) atoms. The predicted octanol–water partition coefficient (Wildman–Crippen LogP) is 3.04. The molecule has 0 atom stereocenters. The summed E-state index contributed by atoms with van der Waals surface area (Å²) in [6.45, 7) is 3.17. The molecule has 0 unspecified atom stereocenters. The van der Waals surface area contributed by atoms with E-state index in [1.54, 1.807) is 18.6 Å². The molecule has 2 aromatic heterocycles. The van der Waals surface area contributed by atoms with E-state index in [4.69, 9.17) is 9.47 Å². The third-order valence-corrected chi connectivity index (χ3v) is 6.60. The number of nitrogens with zero attached hydrogens (tertiary/aromatic N) is 4. The first-order valence-electron chi connectivity index (χ1n) is 10.7. The van der Waals surface area contributed by atoms with Crippen molar-refractivity contribution < 1.29 is 14.3 Å². The van der Waals surface area contributed by atoms with Gasteiger partial charge in [0.25, 0.3) is 5.91 Å². The molecule has 1 amide bonds. The number of anilines is 1. The van der Waals surface area contributed by atoms with Crippen LogP contribution in [0.25, 0.3) is 11.0 Å². The maximum Gasteiger partial charge on any atom is 0.280 e. The van der Waals surface area contributed by atoms with Crippen molar-refractivity contribution in [1.82, 2.24) is 20.3 Å². The maximum absolute atomic E-state index is 12.3. The highest BCUT2D eigenvalue weighted by Gasteiger charge is 2.26. The topological polar surface area (TPSA) is 89.5 Å². The summed E-state index contributed by atoms with van der Waals surface area (Å²) in [7, 11) is 0. The van der Waals surface area contributed by atoms with Gasteiger partial charge in [0.05, 0.1) is 24.8 Å². The summed E-state index contributed by atoms with van der Waals surface area (Å²) in [6.07, 6.45) is 8.70. The monoisotopic (exact) mass is 439 g/mol. The molecule has 0 bridgehead atoms. The van der Waals surface area contributed by atoms with Crippen LogP contribution in [-0.4, -0.2) is 59.3 Å². The van der Waals surface area contributed by atoms with Gasteiger partial charge in [-0.15, -0.1) is 11.3 Å². The predicted molar refractivity (Wildman–Crippen MR) is 119 cm³/mol. The first kappa shape index (κ1) is 20.1. The van der Waals surface area contributed by atoms with Crippen LogP contribution in [0.15, 0.2) is 36.1 Å². The molecule has 0 radical (unpaired) electrons. The number of amides is 1. The van der Waals surface area contributed by atoms with Crippen molar-refractivity contribution in [2.24, 2.45) is 0 Å². The first-order valence-corrected chi connectivity index (χ1v) is 11.6. The number of rotatable bonds is 5. The Morgan fingerprint density at radius 3 is 2.65 bits per heavy atom. The summed E-state index contributed by atoms with van der Waals surface area (Å²) in [5.41, 5.74) is 2.72. The van der Waals surface area contributed by atoms with Gasteiger partial charge in [-0.25, -0.2) is 9.97 Å². The van der Waals surface area contributed by atoms with Gasteiger partial charge >= 0.3 is 0 Å². The quantitative estimate of drug-likeness (QED) is 0.654. The van der Waals surface area contributed by atoms with E-state index in [9.17, 15) is 4.79 Å². The van der Waals surface area contributed by atoms with Crippen LogP contribution in [0, 0.1) is 0 Å². The minimum absolute atomic E-state index is 0.0844. The van der Waals surface area contributed by atoms with Crippen molar-refractivity contribution in [3.05, 3.63) is 41.1 Å². The third kappa shape index (κ3) is 4.62. The van der Waals surface area contributed by atoms with Crippen molar-refractivity contribution >= 4 is 34.0 Å². The van der Waals surface area contributed by atoms with Gasteiger partial charge in [-0.1, -0.05) is 0 Å². The second-order valence-electron chi connectivity index (χ2n) is 7.87. The summed E-state index contributed by atoms with van der Waals surface area (Å²) in [5.74, 6) is 0.696. The van der Waals surface area contributed by atoms with Crippen LogP contribution in [0.4, 0.5) is 5.69 Å². The maximum atomic E-state index is 12.3. The number of morpholine rings is 1. The van der Waals surface area contributed by atoms with E-state index in [0.717, 1.165) is 74.5 Å². The van der Waals surface area contributed by atoms with E-state index in [1.165, 1.54) is 11.3 Å². The second kappa shape index (κ2) is 9.15. The molecule has 1 N–H and O–H groups in total. The van der Waals surface area contributed by atoms with Crippen LogP contribution in [0.2, 0.25) is 0 Å². The van der Waals surface area contributed by atoms with E-state index >= 15 is 0 Å². The Hall–Kier alpha value is -2.78.